The van der Waals surface area contributed by atoms with Crippen molar-refractivity contribution in [2.45, 2.75) is 0 Å². The van der Waals surface area contributed by atoms with Crippen LogP contribution in [0.1, 0.15) is 0 Å². The number of hydrogen-bond donors (Lipinski definition) is 0. The number of ether oxygens (including phenoxy) is 2. The molecule has 92 valence electrons. The lowest BCUT2D eigenvalue weighted by Gasteiger charge is -2.09. The molecule has 0 spiro atoms. The predicted octanol–water partition coefficient (Wildman–Crippen LogP) is 3.65. The molecular formula is C12H10N2O4. The summed E-state index contributed by atoms with van der Waals surface area (Å²) in [4.78, 5) is 21.8. The molecule has 0 radical (unpaired) electrons. The van der Waals surface area contributed by atoms with Gasteiger partial charge in [-0.1, -0.05) is 0 Å². The highest BCUT2D eigenvalue weighted by atomic mass is 16.5. The lowest BCUT2D eigenvalue weighted by Crippen LogP contribution is -1.87. The van der Waals surface area contributed by atoms with Gasteiger partial charge < -0.3 is 9.47 Å². The van der Waals surface area contributed by atoms with Crippen molar-refractivity contribution in [1.29, 1.82) is 0 Å². The van der Waals surface area contributed by atoms with E-state index in [2.05, 4.69) is 10.4 Å². The summed E-state index contributed by atoms with van der Waals surface area (Å²) in [5, 5.41) is 6.88. The Bertz CT molecular complexity index is 570. The van der Waals surface area contributed by atoms with Gasteiger partial charge in [-0.05, 0) is 34.6 Å². The Balaban J connectivity index is 2.88. The molecule has 18 heavy (non-hydrogen) atoms. The minimum absolute atomic E-state index is 0.141. The van der Waals surface area contributed by atoms with E-state index < -0.39 is 0 Å². The number of fused-ring (bicyclic) bond motifs is 1. The summed E-state index contributed by atoms with van der Waals surface area (Å²) < 4.78 is 10.1. The van der Waals surface area contributed by atoms with Gasteiger partial charge in [-0.2, -0.15) is 0 Å². The molecule has 0 aliphatic rings. The zero-order chi connectivity index (χ0) is 13.1. The van der Waals surface area contributed by atoms with Gasteiger partial charge >= 0.3 is 0 Å². The molecule has 2 aromatic rings. The number of nitroso groups, excluding NO2 is 2. The van der Waals surface area contributed by atoms with Gasteiger partial charge in [0.15, 0.2) is 11.4 Å². The molecule has 0 bridgehead atoms. The summed E-state index contributed by atoms with van der Waals surface area (Å²) >= 11 is 0. The molecule has 0 aliphatic heterocycles. The van der Waals surface area contributed by atoms with E-state index >= 15 is 0 Å². The summed E-state index contributed by atoms with van der Waals surface area (Å²) in [6, 6.07) is 6.41. The summed E-state index contributed by atoms with van der Waals surface area (Å²) in [5.74, 6) is 0.694. The summed E-state index contributed by atoms with van der Waals surface area (Å²) in [5.41, 5.74) is 0.283. The van der Waals surface area contributed by atoms with Gasteiger partial charge in [0, 0.05) is 10.8 Å². The fourth-order valence-electron chi connectivity index (χ4n) is 1.85. The molecule has 0 amide bonds. The average Bonchev–Trinajstić information content (AvgIpc) is 2.44. The molecule has 0 unspecified atom stereocenters. The van der Waals surface area contributed by atoms with Crippen molar-refractivity contribution in [1.82, 2.24) is 0 Å². The highest BCUT2D eigenvalue weighted by molar-refractivity contribution is 6.03. The van der Waals surface area contributed by atoms with Crippen LogP contribution in [0.4, 0.5) is 11.4 Å². The highest BCUT2D eigenvalue weighted by Gasteiger charge is 2.15. The van der Waals surface area contributed by atoms with Crippen LogP contribution in [-0.4, -0.2) is 14.2 Å². The van der Waals surface area contributed by atoms with Crippen molar-refractivity contribution in [3.63, 3.8) is 0 Å². The summed E-state index contributed by atoms with van der Waals surface area (Å²) in [7, 11) is 2.89. The molecule has 0 atom stereocenters. The highest BCUT2D eigenvalue weighted by Crippen LogP contribution is 2.42. The lowest BCUT2D eigenvalue weighted by atomic mass is 10.1. The van der Waals surface area contributed by atoms with Crippen LogP contribution in [0.25, 0.3) is 10.8 Å². The van der Waals surface area contributed by atoms with Gasteiger partial charge in [0.2, 0.25) is 0 Å². The maximum absolute atomic E-state index is 10.9. The Morgan fingerprint density at radius 1 is 0.778 bits per heavy atom. The molecule has 0 aromatic heterocycles. The Morgan fingerprint density at radius 2 is 1.17 bits per heavy atom. The van der Waals surface area contributed by atoms with Crippen LogP contribution in [0.2, 0.25) is 0 Å². The third-order valence-corrected chi connectivity index (χ3v) is 2.69. The fourth-order valence-corrected chi connectivity index (χ4v) is 1.85. The molecule has 0 heterocycles. The largest absolute Gasteiger partial charge is 0.494 e. The van der Waals surface area contributed by atoms with Gasteiger partial charge in [-0.15, -0.1) is 9.81 Å². The number of hydrogen-bond acceptors (Lipinski definition) is 6. The number of methoxy groups -OCH3 is 2. The van der Waals surface area contributed by atoms with Crippen LogP contribution in [0.3, 0.4) is 0 Å². The van der Waals surface area contributed by atoms with Crippen LogP contribution in [0.5, 0.6) is 11.5 Å². The first-order valence-corrected chi connectivity index (χ1v) is 5.11. The Labute approximate surface area is 102 Å². The second kappa shape index (κ2) is 4.79. The van der Waals surface area contributed by atoms with E-state index in [4.69, 9.17) is 9.47 Å². The molecule has 0 aliphatic carbocycles. The second-order valence-corrected chi connectivity index (χ2v) is 3.51. The van der Waals surface area contributed by atoms with E-state index in [-0.39, 0.29) is 11.4 Å². The fraction of sp³-hybridized carbons (Fsp3) is 0.167. The topological polar surface area (TPSA) is 77.3 Å². The first-order valence-electron chi connectivity index (χ1n) is 5.11. The minimum Gasteiger partial charge on any atom is -0.494 e. The zero-order valence-electron chi connectivity index (χ0n) is 9.84. The van der Waals surface area contributed by atoms with Crippen LogP contribution in [-0.2, 0) is 0 Å². The third-order valence-electron chi connectivity index (χ3n) is 2.69. The maximum Gasteiger partial charge on any atom is 0.157 e. The van der Waals surface area contributed by atoms with Gasteiger partial charge in [-0.3, -0.25) is 0 Å². The molecule has 6 nitrogen and oxygen atoms in total. The zero-order valence-corrected chi connectivity index (χ0v) is 9.84. The summed E-state index contributed by atoms with van der Waals surface area (Å²) in [6.07, 6.45) is 0. The van der Waals surface area contributed by atoms with E-state index in [0.717, 1.165) is 0 Å². The standard InChI is InChI=1S/C12H10N2O4/c1-17-9-5-3-8-7(11(9)13-15)4-6-10(18-2)12(8)14-16/h3-6H,1-2H3. The minimum atomic E-state index is 0.141. The van der Waals surface area contributed by atoms with E-state index in [1.54, 1.807) is 24.3 Å². The number of rotatable bonds is 4. The average molecular weight is 246 g/mol. The first-order chi connectivity index (χ1) is 8.76. The van der Waals surface area contributed by atoms with Crippen LogP contribution in [0, 0.1) is 9.81 Å². The van der Waals surface area contributed by atoms with Gasteiger partial charge in [-0.25, -0.2) is 0 Å². The molecular weight excluding hydrogens is 236 g/mol. The third kappa shape index (κ3) is 1.67. The first kappa shape index (κ1) is 12.0. The molecule has 0 fully saturated rings. The second-order valence-electron chi connectivity index (χ2n) is 3.51. The maximum atomic E-state index is 10.9. The SMILES string of the molecule is COc1ccc2c(N=O)c(OC)ccc2c1N=O. The summed E-state index contributed by atoms with van der Waals surface area (Å²) in [6.45, 7) is 0. The molecule has 6 heteroatoms. The molecule has 2 aromatic carbocycles. The quantitative estimate of drug-likeness (QED) is 0.771. The van der Waals surface area contributed by atoms with Crippen molar-refractivity contribution in [2.75, 3.05) is 14.2 Å². The van der Waals surface area contributed by atoms with E-state index in [9.17, 15) is 9.81 Å². The molecule has 0 saturated heterocycles. The van der Waals surface area contributed by atoms with Crippen molar-refractivity contribution in [3.05, 3.63) is 34.1 Å². The molecule has 0 N–H and O–H groups in total. The van der Waals surface area contributed by atoms with Crippen molar-refractivity contribution >= 4 is 22.1 Å². The monoisotopic (exact) mass is 246 g/mol. The van der Waals surface area contributed by atoms with Gasteiger partial charge in [0.05, 0.1) is 14.2 Å². The Hall–Kier alpha value is -2.50. The smallest absolute Gasteiger partial charge is 0.157 e. The van der Waals surface area contributed by atoms with Crippen LogP contribution < -0.4 is 9.47 Å². The Kier molecular flexibility index (Phi) is 3.18. The molecule has 2 rings (SSSR count). The number of nitrogens with zero attached hydrogens (tertiary/aromatic N) is 2. The van der Waals surface area contributed by atoms with E-state index in [0.29, 0.717) is 22.3 Å². The van der Waals surface area contributed by atoms with Crippen molar-refractivity contribution in [2.24, 2.45) is 10.4 Å². The van der Waals surface area contributed by atoms with Crippen LogP contribution in [0.15, 0.2) is 34.6 Å². The van der Waals surface area contributed by atoms with Crippen molar-refractivity contribution < 1.29 is 9.47 Å². The normalized spacial score (nSPS) is 10.1. The Morgan fingerprint density at radius 3 is 1.44 bits per heavy atom. The van der Waals surface area contributed by atoms with E-state index in [1.165, 1.54) is 14.2 Å². The van der Waals surface area contributed by atoms with E-state index in [1.807, 2.05) is 0 Å². The van der Waals surface area contributed by atoms with Crippen molar-refractivity contribution in [3.8, 4) is 11.5 Å². The molecule has 0 saturated carbocycles. The van der Waals surface area contributed by atoms with Gasteiger partial charge in [0.1, 0.15) is 11.5 Å². The van der Waals surface area contributed by atoms with Gasteiger partial charge in [0.25, 0.3) is 0 Å². The predicted molar refractivity (Wildman–Crippen MR) is 68.0 cm³/mol. The lowest BCUT2D eigenvalue weighted by molar-refractivity contribution is 0.415. The van der Waals surface area contributed by atoms with Crippen LogP contribution >= 0.6 is 0 Å². The number of benzene rings is 2.